The van der Waals surface area contributed by atoms with Crippen molar-refractivity contribution in [3.63, 3.8) is 0 Å². The van der Waals surface area contributed by atoms with Crippen LogP contribution >= 0.6 is 0 Å². The van der Waals surface area contributed by atoms with Crippen molar-refractivity contribution in [2.45, 2.75) is 26.9 Å². The van der Waals surface area contributed by atoms with Crippen molar-refractivity contribution in [1.82, 2.24) is 9.78 Å². The molecule has 1 heterocycles. The van der Waals surface area contributed by atoms with Gasteiger partial charge in [-0.25, -0.2) is 4.57 Å². The molecule has 3 rings (SSSR count). The Morgan fingerprint density at radius 3 is 2.52 bits per heavy atom. The molecule has 2 aromatic carbocycles. The first kappa shape index (κ1) is 13.6. The number of aromatic nitrogens is 3. The molecule has 0 aliphatic rings. The topological polar surface area (TPSA) is 21.7 Å². The molecule has 0 saturated heterocycles. The van der Waals surface area contributed by atoms with E-state index in [0.29, 0.717) is 0 Å². The molecule has 0 bridgehead atoms. The second-order valence-corrected chi connectivity index (χ2v) is 5.59. The molecule has 0 N–H and O–H groups in total. The van der Waals surface area contributed by atoms with E-state index < -0.39 is 0 Å². The summed E-state index contributed by atoms with van der Waals surface area (Å²) >= 11 is 0. The third-order valence-electron chi connectivity index (χ3n) is 3.54. The summed E-state index contributed by atoms with van der Waals surface area (Å²) in [6.45, 7) is 5.89. The highest BCUT2D eigenvalue weighted by molar-refractivity contribution is 5.22. The third-order valence-corrected chi connectivity index (χ3v) is 3.54. The number of hydrogen-bond acceptors (Lipinski definition) is 1. The van der Waals surface area contributed by atoms with Crippen molar-refractivity contribution in [2.24, 2.45) is 0 Å². The Morgan fingerprint density at radius 2 is 1.76 bits per heavy atom. The van der Waals surface area contributed by atoms with Crippen LogP contribution in [0.4, 0.5) is 0 Å². The highest BCUT2D eigenvalue weighted by Gasteiger charge is 2.07. The molecule has 0 saturated carbocycles. The minimum atomic E-state index is 0.807. The standard InChI is InChI=1S/C18H20N3/c1-15-6-8-17(9-7-15)12-21-14-20(13-19-21)11-18-5-3-4-16(2)10-18/h3-10,13-14H,11-12H2,1-2H3/q+1. The first-order valence-corrected chi connectivity index (χ1v) is 7.22. The van der Waals surface area contributed by atoms with Crippen molar-refractivity contribution in [2.75, 3.05) is 0 Å². The smallest absolute Gasteiger partial charge is 0.233 e. The van der Waals surface area contributed by atoms with E-state index in [1.54, 1.807) is 0 Å². The zero-order valence-electron chi connectivity index (χ0n) is 12.5. The van der Waals surface area contributed by atoms with Crippen LogP contribution in [0.1, 0.15) is 22.3 Å². The lowest BCUT2D eigenvalue weighted by Gasteiger charge is -1.99. The van der Waals surface area contributed by atoms with Gasteiger partial charge in [0.25, 0.3) is 6.33 Å². The third kappa shape index (κ3) is 3.57. The lowest BCUT2D eigenvalue weighted by atomic mass is 10.1. The number of benzene rings is 2. The van der Waals surface area contributed by atoms with Crippen molar-refractivity contribution in [3.8, 4) is 0 Å². The lowest BCUT2D eigenvalue weighted by molar-refractivity contribution is -0.689. The van der Waals surface area contributed by atoms with Crippen molar-refractivity contribution in [1.29, 1.82) is 0 Å². The van der Waals surface area contributed by atoms with E-state index in [1.807, 2.05) is 11.0 Å². The van der Waals surface area contributed by atoms with Crippen LogP contribution in [0.5, 0.6) is 0 Å². The van der Waals surface area contributed by atoms with Crippen LogP contribution in [0.25, 0.3) is 0 Å². The van der Waals surface area contributed by atoms with Gasteiger partial charge in [-0.1, -0.05) is 59.7 Å². The molecule has 3 aromatic rings. The summed E-state index contributed by atoms with van der Waals surface area (Å²) in [5.74, 6) is 0. The zero-order valence-corrected chi connectivity index (χ0v) is 12.5. The van der Waals surface area contributed by atoms with Gasteiger partial charge in [0.1, 0.15) is 6.54 Å². The molecule has 3 nitrogen and oxygen atoms in total. The summed E-state index contributed by atoms with van der Waals surface area (Å²) in [4.78, 5) is 0. The van der Waals surface area contributed by atoms with Gasteiger partial charge in [0.05, 0.1) is 6.54 Å². The average Bonchev–Trinajstić information content (AvgIpc) is 2.89. The van der Waals surface area contributed by atoms with Crippen molar-refractivity contribution in [3.05, 3.63) is 83.4 Å². The van der Waals surface area contributed by atoms with Gasteiger partial charge in [-0.3, -0.25) is 0 Å². The minimum absolute atomic E-state index is 0.807. The van der Waals surface area contributed by atoms with Crippen LogP contribution in [0.2, 0.25) is 0 Å². The Balaban J connectivity index is 1.70. The van der Waals surface area contributed by atoms with Crippen LogP contribution in [0.15, 0.2) is 61.2 Å². The predicted molar refractivity (Wildman–Crippen MR) is 83.0 cm³/mol. The van der Waals surface area contributed by atoms with E-state index in [0.717, 1.165) is 13.1 Å². The Labute approximate surface area is 125 Å². The van der Waals surface area contributed by atoms with Gasteiger partial charge in [-0.2, -0.15) is 0 Å². The molecule has 1 aromatic heterocycles. The zero-order chi connectivity index (χ0) is 14.7. The summed E-state index contributed by atoms with van der Waals surface area (Å²) in [5, 5.41) is 4.43. The van der Waals surface area contributed by atoms with Crippen molar-refractivity contribution < 1.29 is 4.57 Å². The summed E-state index contributed by atoms with van der Waals surface area (Å²) in [5.41, 5.74) is 5.15. The molecular formula is C18H20N3+. The van der Waals surface area contributed by atoms with E-state index in [9.17, 15) is 0 Å². The Morgan fingerprint density at radius 1 is 0.952 bits per heavy atom. The molecule has 21 heavy (non-hydrogen) atoms. The maximum absolute atomic E-state index is 4.43. The van der Waals surface area contributed by atoms with Crippen LogP contribution in [-0.4, -0.2) is 9.78 Å². The van der Waals surface area contributed by atoms with E-state index in [4.69, 9.17) is 0 Å². The fourth-order valence-electron chi connectivity index (χ4n) is 2.43. The predicted octanol–water partition coefficient (Wildman–Crippen LogP) is 2.88. The summed E-state index contributed by atoms with van der Waals surface area (Å²) in [6.07, 6.45) is 3.94. The molecule has 3 heteroatoms. The van der Waals surface area contributed by atoms with Crippen LogP contribution < -0.4 is 4.57 Å². The van der Waals surface area contributed by atoms with E-state index in [2.05, 4.69) is 78.4 Å². The first-order chi connectivity index (χ1) is 10.2. The summed E-state index contributed by atoms with van der Waals surface area (Å²) in [6, 6.07) is 17.2. The maximum Gasteiger partial charge on any atom is 0.265 e. The average molecular weight is 278 g/mol. The molecule has 0 aliphatic carbocycles. The van der Waals surface area contributed by atoms with E-state index in [1.165, 1.54) is 22.3 Å². The fraction of sp³-hybridized carbons (Fsp3) is 0.222. The first-order valence-electron chi connectivity index (χ1n) is 7.22. The molecular weight excluding hydrogens is 258 g/mol. The number of nitrogens with zero attached hydrogens (tertiary/aromatic N) is 3. The Kier molecular flexibility index (Phi) is 3.82. The van der Waals surface area contributed by atoms with E-state index >= 15 is 0 Å². The van der Waals surface area contributed by atoms with Gasteiger partial charge < -0.3 is 0 Å². The maximum atomic E-state index is 4.43. The molecule has 0 radical (unpaired) electrons. The van der Waals surface area contributed by atoms with Crippen molar-refractivity contribution >= 4 is 0 Å². The minimum Gasteiger partial charge on any atom is -0.233 e. The molecule has 0 fully saturated rings. The SMILES string of the molecule is Cc1ccc(Cn2c[n+](Cc3cccc(C)c3)cn2)cc1. The second-order valence-electron chi connectivity index (χ2n) is 5.59. The van der Waals surface area contributed by atoms with Gasteiger partial charge in [0.15, 0.2) is 0 Å². The molecule has 0 unspecified atom stereocenters. The van der Waals surface area contributed by atoms with Crippen LogP contribution in [0.3, 0.4) is 0 Å². The Bertz CT molecular complexity index is 726. The fourth-order valence-corrected chi connectivity index (χ4v) is 2.43. The highest BCUT2D eigenvalue weighted by atomic mass is 15.3. The summed E-state index contributed by atoms with van der Waals surface area (Å²) < 4.78 is 4.09. The number of aryl methyl sites for hydroxylation is 2. The normalized spacial score (nSPS) is 10.8. The molecule has 0 aliphatic heterocycles. The van der Waals surface area contributed by atoms with Gasteiger partial charge in [-0.15, -0.1) is 4.68 Å². The number of hydrogen-bond donors (Lipinski definition) is 0. The van der Waals surface area contributed by atoms with Gasteiger partial charge >= 0.3 is 0 Å². The number of rotatable bonds is 4. The second kappa shape index (κ2) is 5.92. The molecule has 106 valence electrons. The largest absolute Gasteiger partial charge is 0.265 e. The van der Waals surface area contributed by atoms with E-state index in [-0.39, 0.29) is 0 Å². The van der Waals surface area contributed by atoms with Gasteiger partial charge in [0, 0.05) is 5.10 Å². The van der Waals surface area contributed by atoms with Gasteiger partial charge in [0.2, 0.25) is 6.33 Å². The van der Waals surface area contributed by atoms with Gasteiger partial charge in [-0.05, 0) is 25.0 Å². The Hall–Kier alpha value is -2.42. The molecule has 0 atom stereocenters. The monoisotopic (exact) mass is 278 g/mol. The highest BCUT2D eigenvalue weighted by Crippen LogP contribution is 2.05. The summed E-state index contributed by atoms with van der Waals surface area (Å²) in [7, 11) is 0. The van der Waals surface area contributed by atoms with Crippen LogP contribution in [-0.2, 0) is 13.1 Å². The van der Waals surface area contributed by atoms with Crippen LogP contribution in [0, 0.1) is 13.8 Å². The molecule has 0 spiro atoms. The lowest BCUT2D eigenvalue weighted by Crippen LogP contribution is -2.31. The molecule has 0 amide bonds. The quantitative estimate of drug-likeness (QED) is 0.673.